The Balaban J connectivity index is 2.72. The van der Waals surface area contributed by atoms with E-state index in [1.807, 2.05) is 6.92 Å². The molecule has 0 aliphatic rings. The van der Waals surface area contributed by atoms with Crippen LogP contribution in [0, 0.1) is 10.1 Å². The molecule has 0 fully saturated rings. The second-order valence-corrected chi connectivity index (χ2v) is 4.14. The van der Waals surface area contributed by atoms with E-state index in [1.165, 1.54) is 6.07 Å². The molecule has 0 unspecified atom stereocenters. The molecule has 0 atom stereocenters. The third kappa shape index (κ3) is 4.85. The predicted octanol–water partition coefficient (Wildman–Crippen LogP) is 1.22. The van der Waals surface area contributed by atoms with Crippen molar-refractivity contribution in [3.63, 3.8) is 0 Å². The van der Waals surface area contributed by atoms with Gasteiger partial charge in [0.05, 0.1) is 18.0 Å². The molecule has 0 heterocycles. The van der Waals surface area contributed by atoms with Gasteiger partial charge in [-0.05, 0) is 25.6 Å². The van der Waals surface area contributed by atoms with Crippen LogP contribution in [0.3, 0.4) is 0 Å². The van der Waals surface area contributed by atoms with Gasteiger partial charge in [0, 0.05) is 19.2 Å². The minimum absolute atomic E-state index is 0.0965. The summed E-state index contributed by atoms with van der Waals surface area (Å²) in [5, 5.41) is 16.5. The molecular formula is C13H19N3O4. The van der Waals surface area contributed by atoms with Gasteiger partial charge in [0.1, 0.15) is 0 Å². The molecule has 2 N–H and O–H groups in total. The van der Waals surface area contributed by atoms with Crippen LogP contribution >= 0.6 is 0 Å². The van der Waals surface area contributed by atoms with Gasteiger partial charge in [-0.25, -0.2) is 0 Å². The van der Waals surface area contributed by atoms with E-state index in [2.05, 4.69) is 10.6 Å². The summed E-state index contributed by atoms with van der Waals surface area (Å²) in [7, 11) is 1.79. The lowest BCUT2D eigenvalue weighted by atomic mass is 10.2. The summed E-state index contributed by atoms with van der Waals surface area (Å²) in [6.07, 6.45) is 0.168. The highest BCUT2D eigenvalue weighted by molar-refractivity contribution is 5.75. The topological polar surface area (TPSA) is 93.5 Å². The minimum Gasteiger partial charge on any atom is -0.486 e. The maximum atomic E-state index is 11.3. The standard InChI is InChI=1S/C13H19N3O4/c1-3-15-13(17)6-7-20-12-8-10(9-14-2)4-5-11(12)16(18)19/h4-5,8,14H,3,6-7,9H2,1-2H3,(H,15,17). The molecule has 1 rings (SSSR count). The van der Waals surface area contributed by atoms with Crippen molar-refractivity contribution >= 4 is 11.6 Å². The van der Waals surface area contributed by atoms with Crippen LogP contribution in [0.15, 0.2) is 18.2 Å². The number of benzene rings is 1. The molecule has 1 amide bonds. The van der Waals surface area contributed by atoms with Crippen molar-refractivity contribution in [3.8, 4) is 5.75 Å². The Hall–Kier alpha value is -2.15. The van der Waals surface area contributed by atoms with Crippen LogP contribution in [0.1, 0.15) is 18.9 Å². The normalized spacial score (nSPS) is 10.1. The predicted molar refractivity (Wildman–Crippen MR) is 74.7 cm³/mol. The monoisotopic (exact) mass is 281 g/mol. The van der Waals surface area contributed by atoms with Gasteiger partial charge in [0.2, 0.25) is 5.91 Å². The molecule has 1 aromatic rings. The maximum absolute atomic E-state index is 11.3. The first-order valence-electron chi connectivity index (χ1n) is 6.40. The summed E-state index contributed by atoms with van der Waals surface area (Å²) in [5.41, 5.74) is 0.784. The van der Waals surface area contributed by atoms with Crippen molar-refractivity contribution in [2.45, 2.75) is 19.9 Å². The molecule has 0 aromatic heterocycles. The van der Waals surface area contributed by atoms with Crippen LogP contribution in [0.2, 0.25) is 0 Å². The second-order valence-electron chi connectivity index (χ2n) is 4.14. The molecule has 0 radical (unpaired) electrons. The highest BCUT2D eigenvalue weighted by Crippen LogP contribution is 2.28. The Bertz CT molecular complexity index is 477. The third-order valence-corrected chi connectivity index (χ3v) is 2.56. The fourth-order valence-corrected chi connectivity index (χ4v) is 1.68. The molecule has 7 heteroatoms. The van der Waals surface area contributed by atoms with E-state index in [0.717, 1.165) is 5.56 Å². The van der Waals surface area contributed by atoms with E-state index in [1.54, 1.807) is 19.2 Å². The summed E-state index contributed by atoms with van der Waals surface area (Å²) in [5.74, 6) is 0.0496. The number of carbonyl (C=O) groups excluding carboxylic acids is 1. The van der Waals surface area contributed by atoms with Gasteiger partial charge in [-0.15, -0.1) is 0 Å². The Kier molecular flexibility index (Phi) is 6.45. The van der Waals surface area contributed by atoms with Gasteiger partial charge >= 0.3 is 5.69 Å². The number of nitro groups is 1. The van der Waals surface area contributed by atoms with Crippen molar-refractivity contribution in [2.75, 3.05) is 20.2 Å². The maximum Gasteiger partial charge on any atom is 0.310 e. The lowest BCUT2D eigenvalue weighted by Crippen LogP contribution is -2.24. The average molecular weight is 281 g/mol. The summed E-state index contributed by atoms with van der Waals surface area (Å²) < 4.78 is 5.37. The van der Waals surface area contributed by atoms with Crippen LogP contribution in [0.4, 0.5) is 5.69 Å². The summed E-state index contributed by atoms with van der Waals surface area (Å²) in [6.45, 7) is 3.07. The summed E-state index contributed by atoms with van der Waals surface area (Å²) in [6, 6.07) is 4.70. The smallest absolute Gasteiger partial charge is 0.310 e. The van der Waals surface area contributed by atoms with E-state index in [0.29, 0.717) is 13.1 Å². The fourth-order valence-electron chi connectivity index (χ4n) is 1.68. The highest BCUT2D eigenvalue weighted by atomic mass is 16.6. The fraction of sp³-hybridized carbons (Fsp3) is 0.462. The minimum atomic E-state index is -0.495. The largest absolute Gasteiger partial charge is 0.486 e. The molecule has 0 saturated heterocycles. The highest BCUT2D eigenvalue weighted by Gasteiger charge is 2.15. The average Bonchev–Trinajstić information content (AvgIpc) is 2.39. The second kappa shape index (κ2) is 8.11. The van der Waals surface area contributed by atoms with Gasteiger partial charge in [0.25, 0.3) is 0 Å². The quantitative estimate of drug-likeness (QED) is 0.552. The number of nitrogens with one attached hydrogen (secondary N) is 2. The van der Waals surface area contributed by atoms with Crippen molar-refractivity contribution in [2.24, 2.45) is 0 Å². The number of hydrogen-bond donors (Lipinski definition) is 2. The van der Waals surface area contributed by atoms with Crippen molar-refractivity contribution in [1.29, 1.82) is 0 Å². The van der Waals surface area contributed by atoms with Gasteiger partial charge in [-0.1, -0.05) is 6.07 Å². The molecule has 0 saturated carbocycles. The molecule has 0 bridgehead atoms. The number of nitro benzene ring substituents is 1. The van der Waals surface area contributed by atoms with Gasteiger partial charge in [0.15, 0.2) is 5.75 Å². The zero-order valence-corrected chi connectivity index (χ0v) is 11.6. The van der Waals surface area contributed by atoms with Crippen LogP contribution < -0.4 is 15.4 Å². The molecular weight excluding hydrogens is 262 g/mol. The van der Waals surface area contributed by atoms with Gasteiger partial charge < -0.3 is 15.4 Å². The molecule has 0 spiro atoms. The number of ether oxygens (including phenoxy) is 1. The van der Waals surface area contributed by atoms with Crippen LogP contribution in [0.25, 0.3) is 0 Å². The van der Waals surface area contributed by atoms with E-state index >= 15 is 0 Å². The molecule has 1 aromatic carbocycles. The van der Waals surface area contributed by atoms with Crippen molar-refractivity contribution in [1.82, 2.24) is 10.6 Å². The lowest BCUT2D eigenvalue weighted by molar-refractivity contribution is -0.385. The van der Waals surface area contributed by atoms with E-state index in [9.17, 15) is 14.9 Å². The van der Waals surface area contributed by atoms with Crippen molar-refractivity contribution < 1.29 is 14.5 Å². The van der Waals surface area contributed by atoms with Crippen LogP contribution in [-0.4, -0.2) is 31.0 Å². The van der Waals surface area contributed by atoms with Gasteiger partial charge in [-0.3, -0.25) is 14.9 Å². The molecule has 7 nitrogen and oxygen atoms in total. The van der Waals surface area contributed by atoms with Gasteiger partial charge in [-0.2, -0.15) is 0 Å². The third-order valence-electron chi connectivity index (χ3n) is 2.56. The molecule has 110 valence electrons. The molecule has 0 aliphatic heterocycles. The van der Waals surface area contributed by atoms with Crippen molar-refractivity contribution in [3.05, 3.63) is 33.9 Å². The Labute approximate surface area is 117 Å². The molecule has 20 heavy (non-hydrogen) atoms. The summed E-state index contributed by atoms with van der Waals surface area (Å²) >= 11 is 0. The lowest BCUT2D eigenvalue weighted by Gasteiger charge is -2.08. The zero-order valence-electron chi connectivity index (χ0n) is 11.6. The first-order chi connectivity index (χ1) is 9.58. The number of amides is 1. The van der Waals surface area contributed by atoms with E-state index in [-0.39, 0.29) is 30.4 Å². The SMILES string of the molecule is CCNC(=O)CCOc1cc(CNC)ccc1[N+](=O)[O-]. The van der Waals surface area contributed by atoms with Crippen LogP contribution in [-0.2, 0) is 11.3 Å². The number of carbonyl (C=O) groups is 1. The molecule has 0 aliphatic carbocycles. The first-order valence-corrected chi connectivity index (χ1v) is 6.40. The Morgan fingerprint density at radius 2 is 2.20 bits per heavy atom. The van der Waals surface area contributed by atoms with E-state index in [4.69, 9.17) is 4.74 Å². The Morgan fingerprint density at radius 1 is 1.45 bits per heavy atom. The first kappa shape index (κ1) is 15.9. The number of rotatable bonds is 8. The zero-order chi connectivity index (χ0) is 15.0. The Morgan fingerprint density at radius 3 is 2.80 bits per heavy atom. The number of hydrogen-bond acceptors (Lipinski definition) is 5. The van der Waals surface area contributed by atoms with E-state index < -0.39 is 4.92 Å². The number of nitrogens with zero attached hydrogens (tertiary/aromatic N) is 1. The van der Waals surface area contributed by atoms with Crippen LogP contribution in [0.5, 0.6) is 5.75 Å². The summed E-state index contributed by atoms with van der Waals surface area (Å²) in [4.78, 5) is 21.7.